The molecule has 0 aliphatic carbocycles. The summed E-state index contributed by atoms with van der Waals surface area (Å²) >= 11 is 0. The molecule has 0 saturated heterocycles. The molecule has 94 valence electrons. The molecular weight excluding hydrogens is 238 g/mol. The van der Waals surface area contributed by atoms with E-state index in [1.165, 1.54) is 0 Å². The second-order valence-corrected chi connectivity index (χ2v) is 4.08. The fourth-order valence-corrected chi connectivity index (χ4v) is 1.90. The molecule has 19 heavy (non-hydrogen) atoms. The summed E-state index contributed by atoms with van der Waals surface area (Å²) in [5, 5.41) is 0. The monoisotopic (exact) mass is 251 g/mol. The standard InChI is InChI=1S/C15H13N3O/c1-19-14-9-5-2-6-11(14)10-16-15-17-12-7-3-4-8-13(12)18-15/h2-10H,1H3,(H,17,18)/b16-10+. The van der Waals surface area contributed by atoms with E-state index in [0.717, 1.165) is 22.3 Å². The van der Waals surface area contributed by atoms with Crippen LogP contribution >= 0.6 is 0 Å². The highest BCUT2D eigenvalue weighted by Gasteiger charge is 2.01. The van der Waals surface area contributed by atoms with Crippen molar-refractivity contribution in [1.29, 1.82) is 0 Å². The summed E-state index contributed by atoms with van der Waals surface area (Å²) in [5.41, 5.74) is 2.81. The zero-order valence-electron chi connectivity index (χ0n) is 10.5. The maximum absolute atomic E-state index is 5.27. The van der Waals surface area contributed by atoms with E-state index in [9.17, 15) is 0 Å². The Morgan fingerprint density at radius 3 is 2.74 bits per heavy atom. The molecule has 1 aromatic heterocycles. The molecule has 0 spiro atoms. The van der Waals surface area contributed by atoms with Gasteiger partial charge in [0.15, 0.2) is 0 Å². The van der Waals surface area contributed by atoms with Crippen molar-refractivity contribution in [1.82, 2.24) is 9.97 Å². The van der Waals surface area contributed by atoms with Gasteiger partial charge in [0.25, 0.3) is 0 Å². The second kappa shape index (κ2) is 4.94. The summed E-state index contributed by atoms with van der Waals surface area (Å²) in [6, 6.07) is 15.6. The molecular formula is C15H13N3O. The number of hydrogen-bond donors (Lipinski definition) is 1. The highest BCUT2D eigenvalue weighted by atomic mass is 16.5. The normalized spacial score (nSPS) is 11.2. The number of nitrogens with zero attached hydrogens (tertiary/aromatic N) is 2. The molecule has 3 aromatic rings. The highest BCUT2D eigenvalue weighted by molar-refractivity contribution is 5.86. The van der Waals surface area contributed by atoms with Crippen LogP contribution in [-0.4, -0.2) is 23.3 Å². The zero-order chi connectivity index (χ0) is 13.1. The number of rotatable bonds is 3. The number of nitrogens with one attached hydrogen (secondary N) is 1. The summed E-state index contributed by atoms with van der Waals surface area (Å²) in [7, 11) is 1.65. The van der Waals surface area contributed by atoms with E-state index in [0.29, 0.717) is 5.95 Å². The second-order valence-electron chi connectivity index (χ2n) is 4.08. The molecule has 4 heteroatoms. The van der Waals surface area contributed by atoms with Crippen LogP contribution in [-0.2, 0) is 0 Å². The van der Waals surface area contributed by atoms with Gasteiger partial charge in [0, 0.05) is 11.8 Å². The van der Waals surface area contributed by atoms with Crippen molar-refractivity contribution in [2.24, 2.45) is 4.99 Å². The molecule has 2 aromatic carbocycles. The number of aromatic amines is 1. The molecule has 0 saturated carbocycles. The lowest BCUT2D eigenvalue weighted by Crippen LogP contribution is -1.89. The lowest BCUT2D eigenvalue weighted by atomic mass is 10.2. The van der Waals surface area contributed by atoms with E-state index in [1.54, 1.807) is 13.3 Å². The van der Waals surface area contributed by atoms with Crippen molar-refractivity contribution >= 4 is 23.2 Å². The topological polar surface area (TPSA) is 50.3 Å². The van der Waals surface area contributed by atoms with E-state index < -0.39 is 0 Å². The van der Waals surface area contributed by atoms with Gasteiger partial charge in [-0.15, -0.1) is 0 Å². The molecule has 0 radical (unpaired) electrons. The minimum absolute atomic E-state index is 0.590. The molecule has 1 N–H and O–H groups in total. The van der Waals surface area contributed by atoms with Gasteiger partial charge in [-0.1, -0.05) is 24.3 Å². The first-order valence-electron chi connectivity index (χ1n) is 5.98. The molecule has 4 nitrogen and oxygen atoms in total. The summed E-state index contributed by atoms with van der Waals surface area (Å²) in [6.45, 7) is 0. The van der Waals surface area contributed by atoms with Crippen LogP contribution in [0.4, 0.5) is 5.95 Å². The predicted octanol–water partition coefficient (Wildman–Crippen LogP) is 3.32. The number of ether oxygens (including phenoxy) is 1. The van der Waals surface area contributed by atoms with Crippen molar-refractivity contribution in [3.8, 4) is 5.75 Å². The van der Waals surface area contributed by atoms with E-state index in [1.807, 2.05) is 48.5 Å². The summed E-state index contributed by atoms with van der Waals surface area (Å²) in [5.74, 6) is 1.38. The fourth-order valence-electron chi connectivity index (χ4n) is 1.90. The summed E-state index contributed by atoms with van der Waals surface area (Å²) in [6.07, 6.45) is 1.75. The van der Waals surface area contributed by atoms with Gasteiger partial charge in [-0.2, -0.15) is 0 Å². The number of H-pyrrole nitrogens is 1. The van der Waals surface area contributed by atoms with Crippen LogP contribution in [0.2, 0.25) is 0 Å². The Morgan fingerprint density at radius 2 is 1.89 bits per heavy atom. The van der Waals surface area contributed by atoms with Crippen LogP contribution in [0.25, 0.3) is 11.0 Å². The van der Waals surface area contributed by atoms with Crippen LogP contribution < -0.4 is 4.74 Å². The zero-order valence-corrected chi connectivity index (χ0v) is 10.5. The molecule has 3 rings (SSSR count). The lowest BCUT2D eigenvalue weighted by molar-refractivity contribution is 0.414. The van der Waals surface area contributed by atoms with Crippen LogP contribution in [0.3, 0.4) is 0 Å². The third-order valence-corrected chi connectivity index (χ3v) is 2.84. The molecule has 0 aliphatic heterocycles. The number of hydrogen-bond acceptors (Lipinski definition) is 3. The van der Waals surface area contributed by atoms with Gasteiger partial charge in [0.05, 0.1) is 18.1 Å². The maximum Gasteiger partial charge on any atom is 0.227 e. The van der Waals surface area contributed by atoms with Crippen LogP contribution in [0, 0.1) is 0 Å². The summed E-state index contributed by atoms with van der Waals surface area (Å²) in [4.78, 5) is 11.9. The minimum Gasteiger partial charge on any atom is -0.496 e. The molecule has 0 aliphatic rings. The first-order chi connectivity index (χ1) is 9.36. The van der Waals surface area contributed by atoms with Gasteiger partial charge >= 0.3 is 0 Å². The smallest absolute Gasteiger partial charge is 0.227 e. The van der Waals surface area contributed by atoms with Crippen LogP contribution in [0.1, 0.15) is 5.56 Å². The van der Waals surface area contributed by atoms with Crippen LogP contribution in [0.15, 0.2) is 53.5 Å². The summed E-state index contributed by atoms with van der Waals surface area (Å²) < 4.78 is 5.27. The Kier molecular flexibility index (Phi) is 2.98. The highest BCUT2D eigenvalue weighted by Crippen LogP contribution is 2.18. The number of para-hydroxylation sites is 3. The quantitative estimate of drug-likeness (QED) is 0.726. The van der Waals surface area contributed by atoms with Crippen LogP contribution in [0.5, 0.6) is 5.75 Å². The number of aromatic nitrogens is 2. The number of methoxy groups -OCH3 is 1. The van der Waals surface area contributed by atoms with E-state index in [2.05, 4.69) is 15.0 Å². The largest absolute Gasteiger partial charge is 0.496 e. The van der Waals surface area contributed by atoms with Gasteiger partial charge in [-0.25, -0.2) is 9.98 Å². The van der Waals surface area contributed by atoms with Gasteiger partial charge in [0.1, 0.15) is 5.75 Å². The first kappa shape index (κ1) is 11.5. The molecule has 1 heterocycles. The number of imidazole rings is 1. The Bertz CT molecular complexity index is 698. The molecule has 0 bridgehead atoms. The minimum atomic E-state index is 0.590. The average molecular weight is 251 g/mol. The lowest BCUT2D eigenvalue weighted by Gasteiger charge is -2.01. The van der Waals surface area contributed by atoms with Gasteiger partial charge < -0.3 is 9.72 Å². The van der Waals surface area contributed by atoms with Crippen molar-refractivity contribution in [2.45, 2.75) is 0 Å². The van der Waals surface area contributed by atoms with Crippen molar-refractivity contribution in [3.63, 3.8) is 0 Å². The Morgan fingerprint density at radius 1 is 1.11 bits per heavy atom. The van der Waals surface area contributed by atoms with Gasteiger partial charge in [-0.05, 0) is 24.3 Å². The third kappa shape index (κ3) is 2.33. The van der Waals surface area contributed by atoms with E-state index in [4.69, 9.17) is 4.74 Å². The first-order valence-corrected chi connectivity index (χ1v) is 5.98. The van der Waals surface area contributed by atoms with Gasteiger partial charge in [0.2, 0.25) is 5.95 Å². The number of fused-ring (bicyclic) bond motifs is 1. The van der Waals surface area contributed by atoms with Gasteiger partial charge in [-0.3, -0.25) is 0 Å². The molecule has 0 atom stereocenters. The average Bonchev–Trinajstić information content (AvgIpc) is 2.88. The van der Waals surface area contributed by atoms with Crippen molar-refractivity contribution in [3.05, 3.63) is 54.1 Å². The Labute approximate surface area is 110 Å². The third-order valence-electron chi connectivity index (χ3n) is 2.84. The molecule has 0 amide bonds. The fraction of sp³-hybridized carbons (Fsp3) is 0.0667. The predicted molar refractivity (Wildman–Crippen MR) is 76.3 cm³/mol. The Hall–Kier alpha value is -2.62. The van der Waals surface area contributed by atoms with E-state index in [-0.39, 0.29) is 0 Å². The number of aliphatic imine (C=N–C) groups is 1. The SMILES string of the molecule is COc1ccccc1/C=N/c1nc2ccccc2[nH]1. The van der Waals surface area contributed by atoms with Crippen molar-refractivity contribution < 1.29 is 4.74 Å². The maximum atomic E-state index is 5.27. The molecule has 0 unspecified atom stereocenters. The molecule has 0 fully saturated rings. The Balaban J connectivity index is 1.93. The number of benzene rings is 2. The van der Waals surface area contributed by atoms with E-state index >= 15 is 0 Å². The van der Waals surface area contributed by atoms with Crippen molar-refractivity contribution in [2.75, 3.05) is 7.11 Å².